The molecule has 36 heavy (non-hydrogen) atoms. The third-order valence-electron chi connectivity index (χ3n) is 3.80. The summed E-state index contributed by atoms with van der Waals surface area (Å²) in [6.45, 7) is -1.06. The van der Waals surface area contributed by atoms with Crippen LogP contribution in [0.2, 0.25) is 0 Å². The topological polar surface area (TPSA) is 299 Å². The van der Waals surface area contributed by atoms with E-state index in [-0.39, 0.29) is 101 Å². The third kappa shape index (κ3) is 12.0. The van der Waals surface area contributed by atoms with E-state index in [4.69, 9.17) is 15.4 Å². The van der Waals surface area contributed by atoms with Gasteiger partial charge in [-0.2, -0.15) is 4.31 Å². The number of phosphoric acid groups is 3. The molecular formula is C12H17N3Na3O15P3. The zero-order valence-electron chi connectivity index (χ0n) is 19.0. The van der Waals surface area contributed by atoms with E-state index >= 15 is 0 Å². The molecule has 1 aliphatic heterocycles. The fourth-order valence-electron chi connectivity index (χ4n) is 2.52. The van der Waals surface area contributed by atoms with Crippen molar-refractivity contribution in [2.24, 2.45) is 5.73 Å². The van der Waals surface area contributed by atoms with Crippen LogP contribution in [0.3, 0.4) is 0 Å². The molecule has 2 rings (SSSR count). The molecule has 0 spiro atoms. The molecule has 18 nitrogen and oxygen atoms in total. The summed E-state index contributed by atoms with van der Waals surface area (Å²) in [6.07, 6.45) is -3.46. The molecule has 1 aromatic heterocycles. The molecule has 0 saturated carbocycles. The van der Waals surface area contributed by atoms with Crippen molar-refractivity contribution < 1.29 is 155 Å². The van der Waals surface area contributed by atoms with E-state index in [0.717, 1.165) is 6.20 Å². The minimum absolute atomic E-state index is 0. The Morgan fingerprint density at radius 3 is 2.22 bits per heavy atom. The van der Waals surface area contributed by atoms with Crippen LogP contribution in [-0.2, 0) is 31.6 Å². The second kappa shape index (κ2) is 16.2. The molecule has 0 amide bonds. The molecule has 188 valence electrons. The van der Waals surface area contributed by atoms with Crippen molar-refractivity contribution in [1.82, 2.24) is 9.55 Å². The standard InChI is InChI=1S/C12H20N3O15P3.3Na/c13-3-1-2-6-4-15(12(19)14-10(6)18)11-9(17)8(16)7(28-11)5-27-32(23,24)30-33(25,26)29-31(20,21)22;;;/h1-2,4,7-9,11,16-17H,3,5,13H2,(H,23,24)(H,25,26)(H,14,18,19)(H2,20,21,22);;;/q;3*+1/p-3/b2-1+;;;/t7-,8-,9-,11-;;;/m1.../s1. The maximum Gasteiger partial charge on any atom is 1.00 e. The van der Waals surface area contributed by atoms with Crippen LogP contribution in [-0.4, -0.2) is 61.0 Å². The van der Waals surface area contributed by atoms with Crippen LogP contribution in [0.15, 0.2) is 17.1 Å². The SMILES string of the molecule is NC/C=C/c1cn([C@@H]2O[C@H](COP(=O)(O)OP(=O)(O)OP(=O)([O-])[O-])[C@@H](O)[C@H]2O)c(=O)nc1[O-].[Na+].[Na+].[Na+]. The van der Waals surface area contributed by atoms with Crippen LogP contribution < -0.4 is 115 Å². The Kier molecular flexibility index (Phi) is 17.9. The van der Waals surface area contributed by atoms with Crippen molar-refractivity contribution in [3.05, 3.63) is 28.3 Å². The number of aromatic nitrogens is 2. The Morgan fingerprint density at radius 1 is 1.11 bits per heavy atom. The molecule has 0 bridgehead atoms. The zero-order valence-corrected chi connectivity index (χ0v) is 27.7. The maximum atomic E-state index is 12.0. The van der Waals surface area contributed by atoms with Crippen molar-refractivity contribution in [2.75, 3.05) is 13.2 Å². The Morgan fingerprint density at radius 2 is 1.69 bits per heavy atom. The van der Waals surface area contributed by atoms with Gasteiger partial charge in [0.05, 0.1) is 14.4 Å². The van der Waals surface area contributed by atoms with Crippen molar-refractivity contribution in [2.45, 2.75) is 24.5 Å². The molecule has 6 atom stereocenters. The molecule has 1 fully saturated rings. The molecule has 2 heterocycles. The van der Waals surface area contributed by atoms with Crippen LogP contribution >= 0.6 is 23.5 Å². The molecule has 0 radical (unpaired) electrons. The average Bonchev–Trinajstić information content (AvgIpc) is 2.91. The first-order chi connectivity index (χ1) is 15.1. The van der Waals surface area contributed by atoms with Gasteiger partial charge in [-0.15, -0.1) is 0 Å². The summed E-state index contributed by atoms with van der Waals surface area (Å²) >= 11 is 0. The number of phosphoric ester groups is 1. The summed E-state index contributed by atoms with van der Waals surface area (Å²) in [5, 5.41) is 32.0. The number of hydrogen-bond acceptors (Lipinski definition) is 15. The monoisotopic (exact) mass is 605 g/mol. The van der Waals surface area contributed by atoms with E-state index in [1.807, 2.05) is 0 Å². The number of aliphatic hydroxyl groups excluding tert-OH is 2. The summed E-state index contributed by atoms with van der Waals surface area (Å²) in [6, 6.07) is 0. The Hall–Kier alpha value is 1.67. The predicted molar refractivity (Wildman–Crippen MR) is 97.3 cm³/mol. The fourth-order valence-corrected chi connectivity index (χ4v) is 5.49. The average molecular weight is 605 g/mol. The minimum Gasteiger partial charge on any atom is -0.858 e. The van der Waals surface area contributed by atoms with E-state index in [1.165, 1.54) is 12.2 Å². The van der Waals surface area contributed by atoms with Crippen LogP contribution in [0.25, 0.3) is 6.08 Å². The minimum atomic E-state index is -6.09. The van der Waals surface area contributed by atoms with Crippen LogP contribution in [0.1, 0.15) is 11.8 Å². The first-order valence-electron chi connectivity index (χ1n) is 8.48. The largest absolute Gasteiger partial charge is 1.00 e. The number of ether oxygens (including phenoxy) is 1. The van der Waals surface area contributed by atoms with Crippen molar-refractivity contribution in [3.8, 4) is 5.88 Å². The van der Waals surface area contributed by atoms with Gasteiger partial charge in [-0.05, 0) is 0 Å². The molecule has 6 N–H and O–H groups in total. The number of rotatable bonds is 10. The summed E-state index contributed by atoms with van der Waals surface area (Å²) in [5.74, 6) is -0.913. The summed E-state index contributed by atoms with van der Waals surface area (Å²) < 4.78 is 50.3. The maximum absolute atomic E-state index is 12.0. The smallest absolute Gasteiger partial charge is 0.858 e. The number of aliphatic hydroxyl groups is 2. The van der Waals surface area contributed by atoms with Gasteiger partial charge in [-0.3, -0.25) is 13.4 Å². The summed E-state index contributed by atoms with van der Waals surface area (Å²) in [4.78, 5) is 54.4. The van der Waals surface area contributed by atoms with E-state index < -0.39 is 66.2 Å². The number of hydrogen-bond donors (Lipinski definition) is 5. The third-order valence-corrected chi connectivity index (χ3v) is 7.55. The van der Waals surface area contributed by atoms with Gasteiger partial charge < -0.3 is 49.9 Å². The van der Waals surface area contributed by atoms with Gasteiger partial charge in [0.15, 0.2) is 6.23 Å². The summed E-state index contributed by atoms with van der Waals surface area (Å²) in [5.41, 5.74) is 3.99. The van der Waals surface area contributed by atoms with Crippen LogP contribution in [0.4, 0.5) is 0 Å². The first kappa shape index (κ1) is 39.8. The molecule has 1 saturated heterocycles. The first-order valence-corrected chi connectivity index (χ1v) is 12.9. The number of nitrogens with zero attached hydrogens (tertiary/aromatic N) is 2. The van der Waals surface area contributed by atoms with E-state index in [1.54, 1.807) is 0 Å². The molecule has 24 heteroatoms. The molecular weight excluding hydrogens is 588 g/mol. The quantitative estimate of drug-likeness (QED) is 0.122. The second-order valence-electron chi connectivity index (χ2n) is 6.22. The molecule has 2 unspecified atom stereocenters. The van der Waals surface area contributed by atoms with Gasteiger partial charge in [0.1, 0.15) is 18.3 Å². The van der Waals surface area contributed by atoms with Gasteiger partial charge in [0.2, 0.25) is 0 Å². The molecule has 1 aromatic rings. The van der Waals surface area contributed by atoms with E-state index in [2.05, 4.69) is 18.1 Å². The fraction of sp³-hybridized carbons (Fsp3) is 0.500. The molecule has 0 aromatic carbocycles. The zero-order chi connectivity index (χ0) is 25.2. The molecule has 0 aliphatic carbocycles. The predicted octanol–water partition coefficient (Wildman–Crippen LogP) is -13.0. The van der Waals surface area contributed by atoms with Crippen molar-refractivity contribution in [3.63, 3.8) is 0 Å². The van der Waals surface area contributed by atoms with Crippen LogP contribution in [0, 0.1) is 0 Å². The Balaban J connectivity index is 0. The van der Waals surface area contributed by atoms with Crippen molar-refractivity contribution >= 4 is 29.5 Å². The van der Waals surface area contributed by atoms with E-state index in [0.29, 0.717) is 4.57 Å². The Bertz CT molecular complexity index is 1100. The van der Waals surface area contributed by atoms with Gasteiger partial charge in [-0.25, -0.2) is 18.9 Å². The Labute approximate surface area is 269 Å². The number of nitrogens with two attached hydrogens (primary N) is 1. The molecule has 1 aliphatic rings. The van der Waals surface area contributed by atoms with Gasteiger partial charge in [0, 0.05) is 24.2 Å². The van der Waals surface area contributed by atoms with Gasteiger partial charge >= 0.3 is 110 Å². The van der Waals surface area contributed by atoms with Crippen LogP contribution in [0.5, 0.6) is 5.88 Å². The van der Waals surface area contributed by atoms with Gasteiger partial charge in [0.25, 0.3) is 0 Å². The normalized spacial score (nSPS) is 25.2. The summed E-state index contributed by atoms with van der Waals surface area (Å²) in [7, 11) is -17.6. The van der Waals surface area contributed by atoms with E-state index in [9.17, 15) is 48.5 Å². The van der Waals surface area contributed by atoms with Crippen molar-refractivity contribution in [1.29, 1.82) is 0 Å². The second-order valence-corrected chi connectivity index (χ2v) is 10.6. The van der Waals surface area contributed by atoms with Gasteiger partial charge in [-0.1, -0.05) is 12.2 Å².